The summed E-state index contributed by atoms with van der Waals surface area (Å²) >= 11 is 0. The van der Waals surface area contributed by atoms with Crippen molar-refractivity contribution in [2.45, 2.75) is 0 Å². The number of benzene rings is 1. The molecule has 1 amide bonds. The van der Waals surface area contributed by atoms with Crippen LogP contribution in [0.15, 0.2) is 54.7 Å². The number of ether oxygens (including phenoxy) is 1. The van der Waals surface area contributed by atoms with Crippen LogP contribution in [0.4, 0.5) is 10.6 Å². The molecule has 1 fully saturated rings. The Labute approximate surface area is 123 Å². The molecular weight excluding hydrogens is 266 g/mol. The van der Waals surface area contributed by atoms with Gasteiger partial charge in [0.2, 0.25) is 0 Å². The van der Waals surface area contributed by atoms with Gasteiger partial charge in [-0.15, -0.1) is 0 Å². The average molecular weight is 283 g/mol. The minimum absolute atomic E-state index is 0.290. The van der Waals surface area contributed by atoms with Gasteiger partial charge < -0.3 is 14.5 Å². The fourth-order valence-electron chi connectivity index (χ4n) is 2.31. The first-order valence-electron chi connectivity index (χ1n) is 7.01. The maximum Gasteiger partial charge on any atom is 0.415 e. The van der Waals surface area contributed by atoms with Gasteiger partial charge in [-0.2, -0.15) is 0 Å². The smallest absolute Gasteiger partial charge is 0.410 e. The number of carbonyl (C=O) groups is 1. The normalized spacial score (nSPS) is 14.9. The van der Waals surface area contributed by atoms with Gasteiger partial charge in [0.15, 0.2) is 0 Å². The first-order chi connectivity index (χ1) is 10.3. The fourth-order valence-corrected chi connectivity index (χ4v) is 2.31. The highest BCUT2D eigenvalue weighted by atomic mass is 16.6. The van der Waals surface area contributed by atoms with Crippen molar-refractivity contribution >= 4 is 11.9 Å². The Morgan fingerprint density at radius 1 is 0.952 bits per heavy atom. The largest absolute Gasteiger partial charge is 0.415 e. The molecule has 5 heteroatoms. The number of anilines is 1. The first-order valence-corrected chi connectivity index (χ1v) is 7.01. The molecular formula is C16H17N3O2. The van der Waals surface area contributed by atoms with Gasteiger partial charge >= 0.3 is 6.09 Å². The topological polar surface area (TPSA) is 45.7 Å². The van der Waals surface area contributed by atoms with Crippen LogP contribution in [-0.2, 0) is 0 Å². The summed E-state index contributed by atoms with van der Waals surface area (Å²) in [6, 6.07) is 15.0. The van der Waals surface area contributed by atoms with Gasteiger partial charge in [-0.1, -0.05) is 24.3 Å². The molecule has 0 saturated carbocycles. The second kappa shape index (κ2) is 6.26. The molecule has 2 heterocycles. The molecule has 2 aromatic rings. The summed E-state index contributed by atoms with van der Waals surface area (Å²) in [5, 5.41) is 0. The zero-order valence-corrected chi connectivity index (χ0v) is 11.7. The molecule has 5 nitrogen and oxygen atoms in total. The molecule has 3 rings (SSSR count). The van der Waals surface area contributed by atoms with Crippen LogP contribution < -0.4 is 9.64 Å². The number of hydrogen-bond donors (Lipinski definition) is 0. The van der Waals surface area contributed by atoms with Crippen LogP contribution in [0.2, 0.25) is 0 Å². The van der Waals surface area contributed by atoms with Crippen LogP contribution in [0.5, 0.6) is 5.75 Å². The van der Waals surface area contributed by atoms with Crippen molar-refractivity contribution < 1.29 is 9.53 Å². The molecule has 1 aromatic heterocycles. The quantitative estimate of drug-likeness (QED) is 0.849. The minimum atomic E-state index is -0.290. The molecule has 1 aromatic carbocycles. The summed E-state index contributed by atoms with van der Waals surface area (Å²) in [6.07, 6.45) is 1.49. The lowest BCUT2D eigenvalue weighted by Crippen LogP contribution is -2.49. The maximum atomic E-state index is 12.1. The molecule has 0 atom stereocenters. The van der Waals surface area contributed by atoms with Crippen molar-refractivity contribution in [1.29, 1.82) is 0 Å². The molecule has 0 aliphatic carbocycles. The number of aromatic nitrogens is 1. The third-order valence-corrected chi connectivity index (χ3v) is 3.46. The first kappa shape index (κ1) is 13.4. The molecule has 1 aliphatic rings. The standard InChI is InChI=1S/C16H17N3O2/c20-16(21-14-6-2-1-3-7-14)19-12-10-18(11-13-19)15-8-4-5-9-17-15/h1-9H,10-13H2. The number of piperazine rings is 1. The Balaban J connectivity index is 1.55. The second-order valence-corrected chi connectivity index (χ2v) is 4.84. The molecule has 21 heavy (non-hydrogen) atoms. The maximum absolute atomic E-state index is 12.1. The molecule has 108 valence electrons. The zero-order valence-electron chi connectivity index (χ0n) is 11.7. The van der Waals surface area contributed by atoms with Crippen molar-refractivity contribution in [3.05, 3.63) is 54.7 Å². The van der Waals surface area contributed by atoms with Gasteiger partial charge in [-0.25, -0.2) is 9.78 Å². The highest BCUT2D eigenvalue weighted by Gasteiger charge is 2.23. The van der Waals surface area contributed by atoms with E-state index >= 15 is 0 Å². The summed E-state index contributed by atoms with van der Waals surface area (Å²) in [7, 11) is 0. The molecule has 0 radical (unpaired) electrons. The van der Waals surface area contributed by atoms with Gasteiger partial charge in [-0.05, 0) is 24.3 Å². The highest BCUT2D eigenvalue weighted by Crippen LogP contribution is 2.15. The lowest BCUT2D eigenvalue weighted by Gasteiger charge is -2.34. The Kier molecular flexibility index (Phi) is 4.00. The number of para-hydroxylation sites is 1. The van der Waals surface area contributed by atoms with E-state index in [0.717, 1.165) is 18.9 Å². The third-order valence-electron chi connectivity index (χ3n) is 3.46. The third kappa shape index (κ3) is 3.31. The number of carbonyl (C=O) groups excluding carboxylic acids is 1. The number of hydrogen-bond acceptors (Lipinski definition) is 4. The number of pyridine rings is 1. The zero-order chi connectivity index (χ0) is 14.5. The van der Waals surface area contributed by atoms with E-state index in [2.05, 4.69) is 9.88 Å². The summed E-state index contributed by atoms with van der Waals surface area (Å²) in [5.74, 6) is 1.53. The molecule has 0 N–H and O–H groups in total. The number of rotatable bonds is 2. The van der Waals surface area contributed by atoms with Crippen molar-refractivity contribution in [1.82, 2.24) is 9.88 Å². The monoisotopic (exact) mass is 283 g/mol. The van der Waals surface area contributed by atoms with Crippen LogP contribution in [0.1, 0.15) is 0 Å². The summed E-state index contributed by atoms with van der Waals surface area (Å²) in [4.78, 5) is 20.3. The van der Waals surface area contributed by atoms with Gasteiger partial charge in [-0.3, -0.25) is 0 Å². The lowest BCUT2D eigenvalue weighted by atomic mass is 10.3. The predicted octanol–water partition coefficient (Wildman–Crippen LogP) is 2.40. The number of nitrogens with zero attached hydrogens (tertiary/aromatic N) is 3. The molecule has 0 spiro atoms. The number of amides is 1. The van der Waals surface area contributed by atoms with Crippen molar-refractivity contribution in [3.63, 3.8) is 0 Å². The molecule has 0 unspecified atom stereocenters. The summed E-state index contributed by atoms with van der Waals surface area (Å²) in [5.41, 5.74) is 0. The predicted molar refractivity (Wildman–Crippen MR) is 80.5 cm³/mol. The summed E-state index contributed by atoms with van der Waals surface area (Å²) in [6.45, 7) is 2.81. The van der Waals surface area contributed by atoms with E-state index in [1.165, 1.54) is 0 Å². The lowest BCUT2D eigenvalue weighted by molar-refractivity contribution is 0.149. The fraction of sp³-hybridized carbons (Fsp3) is 0.250. The Morgan fingerprint density at radius 3 is 2.33 bits per heavy atom. The van der Waals surface area contributed by atoms with Crippen molar-refractivity contribution in [3.8, 4) is 5.75 Å². The molecule has 0 bridgehead atoms. The van der Waals surface area contributed by atoms with Gasteiger partial charge in [0.1, 0.15) is 11.6 Å². The SMILES string of the molecule is O=C(Oc1ccccc1)N1CCN(c2ccccn2)CC1. The Hall–Kier alpha value is -2.56. The second-order valence-electron chi connectivity index (χ2n) is 4.84. The Morgan fingerprint density at radius 2 is 1.67 bits per heavy atom. The van der Waals surface area contributed by atoms with Crippen molar-refractivity contribution in [2.24, 2.45) is 0 Å². The van der Waals surface area contributed by atoms with Crippen LogP contribution >= 0.6 is 0 Å². The van der Waals surface area contributed by atoms with E-state index in [9.17, 15) is 4.79 Å². The van der Waals surface area contributed by atoms with Crippen LogP contribution in [-0.4, -0.2) is 42.2 Å². The average Bonchev–Trinajstić information content (AvgIpc) is 2.57. The van der Waals surface area contributed by atoms with Gasteiger partial charge in [0.25, 0.3) is 0 Å². The van der Waals surface area contributed by atoms with E-state index in [-0.39, 0.29) is 6.09 Å². The summed E-state index contributed by atoms with van der Waals surface area (Å²) < 4.78 is 5.35. The van der Waals surface area contributed by atoms with E-state index in [1.807, 2.05) is 36.4 Å². The van der Waals surface area contributed by atoms with Crippen LogP contribution in [0.25, 0.3) is 0 Å². The van der Waals surface area contributed by atoms with E-state index < -0.39 is 0 Å². The minimum Gasteiger partial charge on any atom is -0.410 e. The van der Waals surface area contributed by atoms with Crippen LogP contribution in [0, 0.1) is 0 Å². The van der Waals surface area contributed by atoms with E-state index in [4.69, 9.17) is 4.74 Å². The molecule has 1 saturated heterocycles. The van der Waals surface area contributed by atoms with E-state index in [0.29, 0.717) is 18.8 Å². The van der Waals surface area contributed by atoms with Crippen LogP contribution in [0.3, 0.4) is 0 Å². The Bertz CT molecular complexity index is 581. The van der Waals surface area contributed by atoms with Gasteiger partial charge in [0.05, 0.1) is 0 Å². The van der Waals surface area contributed by atoms with E-state index in [1.54, 1.807) is 23.2 Å². The van der Waals surface area contributed by atoms with Gasteiger partial charge in [0, 0.05) is 32.4 Å². The van der Waals surface area contributed by atoms with Crippen molar-refractivity contribution in [2.75, 3.05) is 31.1 Å². The molecule has 1 aliphatic heterocycles. The highest BCUT2D eigenvalue weighted by molar-refractivity contribution is 5.71.